The number of ether oxygens (including phenoxy) is 1. The lowest BCUT2D eigenvalue weighted by molar-refractivity contribution is 0.149. The van der Waals surface area contributed by atoms with E-state index in [9.17, 15) is 4.55 Å². The molecule has 1 fully saturated rings. The lowest BCUT2D eigenvalue weighted by Crippen LogP contribution is -2.56. The Morgan fingerprint density at radius 1 is 1.29 bits per heavy atom. The Hall–Kier alpha value is -1.95. The molecule has 3 heterocycles. The maximum absolute atomic E-state index is 15.1. The smallest absolute Gasteiger partial charge is 0.227 e. The number of aromatic amines is 1. The van der Waals surface area contributed by atoms with Crippen LogP contribution in [0.15, 0.2) is 6.07 Å². The van der Waals surface area contributed by atoms with E-state index in [-0.39, 0.29) is 36.2 Å². The van der Waals surface area contributed by atoms with Crippen molar-refractivity contribution < 1.29 is 13.7 Å². The van der Waals surface area contributed by atoms with Crippen LogP contribution in [0, 0.1) is 12.7 Å². The van der Waals surface area contributed by atoms with E-state index in [1.807, 2.05) is 25.8 Å². The molecule has 9 nitrogen and oxygen atoms in total. The SMILES string of the molecule is CCCC1CC(N(C)c2nc(COC)c(F)c(Nc3cc(C)[nH]n3)n2)CC(CC)N1[S+]([O-])CC. The van der Waals surface area contributed by atoms with Crippen LogP contribution in [-0.4, -0.2) is 67.1 Å². The number of methoxy groups -OCH3 is 1. The van der Waals surface area contributed by atoms with Gasteiger partial charge in [0.15, 0.2) is 17.5 Å². The van der Waals surface area contributed by atoms with E-state index in [1.54, 1.807) is 6.07 Å². The zero-order chi connectivity index (χ0) is 24.8. The Balaban J connectivity index is 1.91. The van der Waals surface area contributed by atoms with E-state index in [1.165, 1.54) is 7.11 Å². The first-order valence-electron chi connectivity index (χ1n) is 12.1. The molecule has 4 unspecified atom stereocenters. The number of rotatable bonds is 11. The summed E-state index contributed by atoms with van der Waals surface area (Å²) >= 11 is -0.984. The van der Waals surface area contributed by atoms with Gasteiger partial charge < -0.3 is 19.5 Å². The summed E-state index contributed by atoms with van der Waals surface area (Å²) in [4.78, 5) is 11.1. The minimum Gasteiger partial charge on any atom is -0.598 e. The van der Waals surface area contributed by atoms with Gasteiger partial charge >= 0.3 is 0 Å². The number of aromatic nitrogens is 4. The molecular formula is C23H38FN7O2S. The van der Waals surface area contributed by atoms with Crippen molar-refractivity contribution in [2.24, 2.45) is 0 Å². The molecule has 0 saturated carbocycles. The quantitative estimate of drug-likeness (QED) is 0.450. The van der Waals surface area contributed by atoms with Crippen LogP contribution in [0.5, 0.6) is 0 Å². The summed E-state index contributed by atoms with van der Waals surface area (Å²) in [6, 6.07) is 2.36. The van der Waals surface area contributed by atoms with Crippen LogP contribution >= 0.6 is 0 Å². The second kappa shape index (κ2) is 12.1. The molecule has 3 rings (SSSR count). The number of aryl methyl sites for hydroxylation is 1. The maximum atomic E-state index is 15.1. The van der Waals surface area contributed by atoms with Gasteiger partial charge in [-0.1, -0.05) is 20.3 Å². The van der Waals surface area contributed by atoms with Crippen molar-refractivity contribution in [1.82, 2.24) is 24.5 Å². The van der Waals surface area contributed by atoms with Gasteiger partial charge in [-0.05, 0) is 39.5 Å². The van der Waals surface area contributed by atoms with E-state index in [2.05, 4.69) is 43.6 Å². The van der Waals surface area contributed by atoms with Gasteiger partial charge in [-0.25, -0.2) is 9.37 Å². The third-order valence-corrected chi connectivity index (χ3v) is 7.95. The summed E-state index contributed by atoms with van der Waals surface area (Å²) in [6.07, 6.45) is 4.63. The van der Waals surface area contributed by atoms with Crippen molar-refractivity contribution in [2.75, 3.05) is 30.1 Å². The molecule has 1 aliphatic rings. The van der Waals surface area contributed by atoms with Crippen LogP contribution < -0.4 is 10.2 Å². The zero-order valence-electron chi connectivity index (χ0n) is 21.1. The first kappa shape index (κ1) is 26.7. The standard InChI is InChI=1S/C23H38FN7O2S/c1-7-10-17-13-18(12-16(8-2)31(17)34(32)9-3)30(5)23-25-19(14-33-6)21(24)22(27-23)26-20-11-15(4)28-29-20/h11,16-18H,7-10,12-14H2,1-6H3,(H2,25,26,27,28,29). The number of anilines is 3. The topological polar surface area (TPSA) is 105 Å². The van der Waals surface area contributed by atoms with Crippen LogP contribution in [0.1, 0.15) is 64.3 Å². The van der Waals surface area contributed by atoms with Gasteiger partial charge in [0.1, 0.15) is 11.4 Å². The highest BCUT2D eigenvalue weighted by Gasteiger charge is 2.42. The number of nitrogens with one attached hydrogen (secondary N) is 2. The highest BCUT2D eigenvalue weighted by Crippen LogP contribution is 2.34. The molecule has 0 aromatic carbocycles. The number of halogens is 1. The fraction of sp³-hybridized carbons (Fsp3) is 0.696. The molecule has 2 aromatic heterocycles. The van der Waals surface area contributed by atoms with Crippen LogP contribution in [0.25, 0.3) is 0 Å². The summed E-state index contributed by atoms with van der Waals surface area (Å²) < 4.78 is 35.4. The monoisotopic (exact) mass is 495 g/mol. The first-order valence-corrected chi connectivity index (χ1v) is 13.3. The second-order valence-corrected chi connectivity index (χ2v) is 10.5. The molecule has 1 aliphatic heterocycles. The van der Waals surface area contributed by atoms with Crippen molar-refractivity contribution in [3.8, 4) is 0 Å². The predicted octanol–water partition coefficient (Wildman–Crippen LogP) is 4.07. The van der Waals surface area contributed by atoms with E-state index in [4.69, 9.17) is 4.74 Å². The molecule has 190 valence electrons. The normalized spacial score (nSPS) is 22.1. The Bertz CT molecular complexity index is 931. The highest BCUT2D eigenvalue weighted by atomic mass is 32.2. The maximum Gasteiger partial charge on any atom is 0.227 e. The Morgan fingerprint density at radius 3 is 2.62 bits per heavy atom. The fourth-order valence-electron chi connectivity index (χ4n) is 4.67. The van der Waals surface area contributed by atoms with Gasteiger partial charge in [-0.3, -0.25) is 5.10 Å². The van der Waals surface area contributed by atoms with Gasteiger partial charge in [0.2, 0.25) is 5.95 Å². The molecule has 11 heteroatoms. The van der Waals surface area contributed by atoms with Gasteiger partial charge in [0, 0.05) is 43.3 Å². The number of piperidine rings is 1. The zero-order valence-corrected chi connectivity index (χ0v) is 21.9. The minimum absolute atomic E-state index is 0.0352. The Kier molecular flexibility index (Phi) is 9.52. The lowest BCUT2D eigenvalue weighted by atomic mass is 9.89. The van der Waals surface area contributed by atoms with Crippen molar-refractivity contribution >= 4 is 28.9 Å². The van der Waals surface area contributed by atoms with E-state index < -0.39 is 17.2 Å². The van der Waals surface area contributed by atoms with Gasteiger partial charge in [-0.15, -0.1) is 4.31 Å². The van der Waals surface area contributed by atoms with E-state index in [0.717, 1.165) is 37.8 Å². The number of hydrogen-bond donors (Lipinski definition) is 2. The minimum atomic E-state index is -0.984. The van der Waals surface area contributed by atoms with Crippen LogP contribution in [0.3, 0.4) is 0 Å². The molecule has 2 N–H and O–H groups in total. The third-order valence-electron chi connectivity index (χ3n) is 6.39. The first-order chi connectivity index (χ1) is 16.3. The average Bonchev–Trinajstić information content (AvgIpc) is 3.24. The number of H-pyrrole nitrogens is 1. The molecule has 4 atom stereocenters. The van der Waals surface area contributed by atoms with Crippen LogP contribution in [-0.2, 0) is 22.7 Å². The van der Waals surface area contributed by atoms with Crippen molar-refractivity contribution in [1.29, 1.82) is 0 Å². The fourth-order valence-corrected chi connectivity index (χ4v) is 6.06. The molecule has 0 radical (unpaired) electrons. The van der Waals surface area contributed by atoms with Gasteiger partial charge in [0.25, 0.3) is 0 Å². The molecule has 1 saturated heterocycles. The molecule has 0 amide bonds. The van der Waals surface area contributed by atoms with Gasteiger partial charge in [0.05, 0.1) is 18.7 Å². The van der Waals surface area contributed by atoms with Crippen LogP contribution in [0.2, 0.25) is 0 Å². The molecule has 2 aromatic rings. The average molecular weight is 496 g/mol. The van der Waals surface area contributed by atoms with Crippen LogP contribution in [0.4, 0.5) is 22.0 Å². The van der Waals surface area contributed by atoms with Crippen molar-refractivity contribution in [2.45, 2.75) is 84.5 Å². The third kappa shape index (κ3) is 5.99. The number of nitrogens with zero attached hydrogens (tertiary/aromatic N) is 5. The summed E-state index contributed by atoms with van der Waals surface area (Å²) in [5.41, 5.74) is 1.05. The molecule has 0 bridgehead atoms. The lowest BCUT2D eigenvalue weighted by Gasteiger charge is -2.46. The summed E-state index contributed by atoms with van der Waals surface area (Å²) in [5, 5.41) is 9.94. The Morgan fingerprint density at radius 2 is 2.03 bits per heavy atom. The van der Waals surface area contributed by atoms with Gasteiger partial charge in [-0.2, -0.15) is 10.1 Å². The molecule has 0 spiro atoms. The largest absolute Gasteiger partial charge is 0.598 e. The van der Waals surface area contributed by atoms with Crippen molar-refractivity contribution in [3.05, 3.63) is 23.3 Å². The Labute approximate surface area is 205 Å². The second-order valence-electron chi connectivity index (χ2n) is 8.84. The highest BCUT2D eigenvalue weighted by molar-refractivity contribution is 7.89. The number of hydrogen-bond acceptors (Lipinski definition) is 8. The summed E-state index contributed by atoms with van der Waals surface area (Å²) in [7, 11) is 3.47. The van der Waals surface area contributed by atoms with Crippen molar-refractivity contribution in [3.63, 3.8) is 0 Å². The summed E-state index contributed by atoms with van der Waals surface area (Å²) in [5.74, 6) is 1.06. The van der Waals surface area contributed by atoms with E-state index >= 15 is 4.39 Å². The molecule has 0 aliphatic carbocycles. The predicted molar refractivity (Wildman–Crippen MR) is 134 cm³/mol. The summed E-state index contributed by atoms with van der Waals surface area (Å²) in [6.45, 7) is 8.19. The van der Waals surface area contributed by atoms with E-state index in [0.29, 0.717) is 17.5 Å². The molecule has 34 heavy (non-hydrogen) atoms. The molecular weight excluding hydrogens is 457 g/mol.